The van der Waals surface area contributed by atoms with Crippen LogP contribution in [0.25, 0.3) is 0 Å². The minimum atomic E-state index is -0.908. The number of carbonyl (C=O) groups excluding carboxylic acids is 2. The normalized spacial score (nSPS) is 15.4. The first-order valence-electron chi connectivity index (χ1n) is 9.50. The number of nitrogens with zero attached hydrogens (tertiary/aromatic N) is 1. The highest BCUT2D eigenvalue weighted by Gasteiger charge is 2.34. The monoisotopic (exact) mass is 426 g/mol. The van der Waals surface area contributed by atoms with Crippen LogP contribution < -0.4 is 5.32 Å². The van der Waals surface area contributed by atoms with Gasteiger partial charge in [-0.2, -0.15) is 0 Å². The van der Waals surface area contributed by atoms with Crippen molar-refractivity contribution in [1.29, 1.82) is 0 Å². The van der Waals surface area contributed by atoms with Gasteiger partial charge in [0.25, 0.3) is 0 Å². The molecule has 0 atom stereocenters. The van der Waals surface area contributed by atoms with Gasteiger partial charge < -0.3 is 19.9 Å². The summed E-state index contributed by atoms with van der Waals surface area (Å²) in [6.07, 6.45) is 3.46. The second kappa shape index (κ2) is 11.5. The molecule has 4 N–H and O–H groups in total. The fourth-order valence-electron chi connectivity index (χ4n) is 3.54. The van der Waals surface area contributed by atoms with Crippen molar-refractivity contribution >= 4 is 18.0 Å². The zero-order valence-corrected chi connectivity index (χ0v) is 16.4. The number of alkyl carbamates (subject to hydrolysis) is 1. The predicted molar refractivity (Wildman–Crippen MR) is 99.2 cm³/mol. The summed E-state index contributed by atoms with van der Waals surface area (Å²) in [4.78, 5) is 39.8. The van der Waals surface area contributed by atoms with E-state index in [9.17, 15) is 14.4 Å². The SMILES string of the molecule is O=C(O)CC1(CNC(=O)OCOC(=O)c2ccccc2CON(O)O)CCCCC1. The molecule has 0 aromatic heterocycles. The zero-order valence-electron chi connectivity index (χ0n) is 16.4. The number of nitrogens with one attached hydrogen (secondary N) is 1. The number of carboxylic acids is 1. The molecule has 11 heteroatoms. The van der Waals surface area contributed by atoms with Gasteiger partial charge in [0.15, 0.2) is 0 Å². The van der Waals surface area contributed by atoms with Crippen LogP contribution in [0.1, 0.15) is 54.4 Å². The lowest BCUT2D eigenvalue weighted by Crippen LogP contribution is -2.40. The molecule has 0 saturated heterocycles. The number of esters is 1. The molecule has 0 radical (unpaired) electrons. The maximum atomic E-state index is 12.2. The summed E-state index contributed by atoms with van der Waals surface area (Å²) in [5.74, 6) is -1.70. The van der Waals surface area contributed by atoms with Crippen molar-refractivity contribution in [3.63, 3.8) is 0 Å². The van der Waals surface area contributed by atoms with Gasteiger partial charge in [0.1, 0.15) is 0 Å². The molecule has 1 amide bonds. The van der Waals surface area contributed by atoms with Gasteiger partial charge in [0, 0.05) is 6.54 Å². The molecule has 0 heterocycles. The molecule has 0 unspecified atom stereocenters. The fourth-order valence-corrected chi connectivity index (χ4v) is 3.54. The van der Waals surface area contributed by atoms with E-state index in [1.807, 2.05) is 0 Å². The predicted octanol–water partition coefficient (Wildman–Crippen LogP) is 2.46. The summed E-state index contributed by atoms with van der Waals surface area (Å²) in [6.45, 7) is -0.770. The lowest BCUT2D eigenvalue weighted by molar-refractivity contribution is -0.497. The van der Waals surface area contributed by atoms with E-state index in [0.29, 0.717) is 18.4 Å². The highest BCUT2D eigenvalue weighted by Crippen LogP contribution is 2.38. The van der Waals surface area contributed by atoms with Crippen molar-refractivity contribution in [2.24, 2.45) is 5.41 Å². The van der Waals surface area contributed by atoms with Crippen LogP contribution in [0.5, 0.6) is 0 Å². The van der Waals surface area contributed by atoms with Crippen molar-refractivity contribution < 1.29 is 44.2 Å². The van der Waals surface area contributed by atoms with Crippen LogP contribution in [0.2, 0.25) is 0 Å². The lowest BCUT2D eigenvalue weighted by Gasteiger charge is -2.36. The second-order valence-corrected chi connectivity index (χ2v) is 7.15. The Kier molecular flexibility index (Phi) is 8.99. The van der Waals surface area contributed by atoms with Crippen LogP contribution in [0.4, 0.5) is 4.79 Å². The third-order valence-electron chi connectivity index (χ3n) is 5.00. The number of hydrogen-bond acceptors (Lipinski definition) is 9. The Labute approximate surface area is 173 Å². The van der Waals surface area contributed by atoms with Crippen molar-refractivity contribution in [3.8, 4) is 0 Å². The minimum Gasteiger partial charge on any atom is -0.481 e. The Balaban J connectivity index is 1.80. The van der Waals surface area contributed by atoms with Crippen LogP contribution in [0.3, 0.4) is 0 Å². The first-order valence-corrected chi connectivity index (χ1v) is 9.50. The quantitative estimate of drug-likeness (QED) is 0.249. The maximum Gasteiger partial charge on any atom is 0.410 e. The number of rotatable bonds is 10. The average Bonchev–Trinajstić information content (AvgIpc) is 2.71. The number of amides is 1. The fraction of sp³-hybridized carbons (Fsp3) is 0.526. The summed E-state index contributed by atoms with van der Waals surface area (Å²) < 4.78 is 9.77. The Morgan fingerprint density at radius 2 is 1.77 bits per heavy atom. The topological polar surface area (TPSA) is 155 Å². The molecule has 30 heavy (non-hydrogen) atoms. The average molecular weight is 426 g/mol. The Morgan fingerprint density at radius 3 is 2.43 bits per heavy atom. The van der Waals surface area contributed by atoms with E-state index in [4.69, 9.17) is 25.0 Å². The van der Waals surface area contributed by atoms with E-state index in [2.05, 4.69) is 10.2 Å². The molecule has 0 bridgehead atoms. The van der Waals surface area contributed by atoms with E-state index in [1.165, 1.54) is 12.1 Å². The van der Waals surface area contributed by atoms with Crippen molar-refractivity contribution in [2.75, 3.05) is 13.3 Å². The van der Waals surface area contributed by atoms with Gasteiger partial charge in [-0.1, -0.05) is 37.5 Å². The molecule has 2 rings (SSSR count). The van der Waals surface area contributed by atoms with E-state index >= 15 is 0 Å². The second-order valence-electron chi connectivity index (χ2n) is 7.15. The number of ether oxygens (including phenoxy) is 2. The van der Waals surface area contributed by atoms with Gasteiger partial charge in [-0.05, 0) is 29.9 Å². The first-order chi connectivity index (χ1) is 14.3. The molecule has 1 aliphatic carbocycles. The standard InChI is InChI=1S/C19H26N2O9/c22-16(23)10-19(8-4-1-5-9-19)12-20-18(25)29-13-28-17(24)15-7-3-2-6-14(15)11-30-21(26)27/h2-3,6-7,26-27H,1,4-5,8-13H2,(H,20,25)(H,22,23). The number of aliphatic carboxylic acids is 1. The summed E-state index contributed by atoms with van der Waals surface area (Å²) in [7, 11) is 0. The molecule has 1 fully saturated rings. The Hall–Kier alpha value is -2.73. The molecule has 1 aromatic carbocycles. The molecule has 166 valence electrons. The van der Waals surface area contributed by atoms with Gasteiger partial charge in [-0.25, -0.2) is 14.4 Å². The van der Waals surface area contributed by atoms with Crippen molar-refractivity contribution in [1.82, 2.24) is 10.7 Å². The van der Waals surface area contributed by atoms with E-state index in [1.54, 1.807) is 12.1 Å². The maximum absolute atomic E-state index is 12.2. The molecule has 0 aliphatic heterocycles. The van der Waals surface area contributed by atoms with Gasteiger partial charge in [0.05, 0.1) is 24.0 Å². The molecule has 1 aromatic rings. The number of carbonyl (C=O) groups is 3. The van der Waals surface area contributed by atoms with Crippen molar-refractivity contribution in [3.05, 3.63) is 35.4 Å². The highest BCUT2D eigenvalue weighted by atomic mass is 17.1. The summed E-state index contributed by atoms with van der Waals surface area (Å²) in [5.41, 5.74) is -0.0645. The molecule has 1 aliphatic rings. The third kappa shape index (κ3) is 7.59. The number of benzene rings is 1. The van der Waals surface area contributed by atoms with Gasteiger partial charge in [-0.3, -0.25) is 15.2 Å². The minimum absolute atomic E-state index is 0.0276. The van der Waals surface area contributed by atoms with Crippen LogP contribution in [0, 0.1) is 5.41 Å². The van der Waals surface area contributed by atoms with Crippen LogP contribution in [-0.2, 0) is 25.7 Å². The Morgan fingerprint density at radius 1 is 1.07 bits per heavy atom. The smallest absolute Gasteiger partial charge is 0.410 e. The largest absolute Gasteiger partial charge is 0.481 e. The van der Waals surface area contributed by atoms with E-state index in [0.717, 1.165) is 19.3 Å². The highest BCUT2D eigenvalue weighted by molar-refractivity contribution is 5.91. The summed E-state index contributed by atoms with van der Waals surface area (Å²) >= 11 is 0. The van der Waals surface area contributed by atoms with Crippen LogP contribution >= 0.6 is 0 Å². The van der Waals surface area contributed by atoms with Crippen molar-refractivity contribution in [2.45, 2.75) is 45.1 Å². The summed E-state index contributed by atoms with van der Waals surface area (Å²) in [5, 5.41) is 28.5. The first kappa shape index (κ1) is 23.5. The van der Waals surface area contributed by atoms with Gasteiger partial charge in [0.2, 0.25) is 6.79 Å². The van der Waals surface area contributed by atoms with Crippen LogP contribution in [-0.4, -0.2) is 52.3 Å². The van der Waals surface area contributed by atoms with E-state index < -0.39 is 35.6 Å². The van der Waals surface area contributed by atoms with Crippen LogP contribution in [0.15, 0.2) is 24.3 Å². The molecule has 11 nitrogen and oxygen atoms in total. The number of carboxylic acid groups (broad SMARTS) is 1. The molecule has 0 spiro atoms. The molecule has 1 saturated carbocycles. The Bertz CT molecular complexity index is 732. The zero-order chi connectivity index (χ0) is 22.0. The third-order valence-corrected chi connectivity index (χ3v) is 5.00. The molecular formula is C19H26N2O9. The lowest BCUT2D eigenvalue weighted by atomic mass is 9.72. The van der Waals surface area contributed by atoms with E-state index in [-0.39, 0.29) is 25.1 Å². The van der Waals surface area contributed by atoms with Gasteiger partial charge >= 0.3 is 18.0 Å². The van der Waals surface area contributed by atoms with Gasteiger partial charge in [-0.15, -0.1) is 0 Å². The molecular weight excluding hydrogens is 400 g/mol. The number of hydrogen-bond donors (Lipinski definition) is 4. The summed E-state index contributed by atoms with van der Waals surface area (Å²) in [6, 6.07) is 6.17.